The van der Waals surface area contributed by atoms with E-state index in [9.17, 15) is 4.79 Å². The molecule has 0 bridgehead atoms. The fourth-order valence-electron chi connectivity index (χ4n) is 1.51. The topological polar surface area (TPSA) is 54.5 Å². The van der Waals surface area contributed by atoms with Crippen LogP contribution in [0.15, 0.2) is 23.3 Å². The van der Waals surface area contributed by atoms with Crippen LogP contribution in [0.5, 0.6) is 0 Å². The van der Waals surface area contributed by atoms with Crippen molar-refractivity contribution in [3.63, 3.8) is 0 Å². The Balaban J connectivity index is 2.33. The maximum absolute atomic E-state index is 11.6. The highest BCUT2D eigenvalue weighted by Crippen LogP contribution is 2.12. The Bertz CT molecular complexity index is 559. The van der Waals surface area contributed by atoms with Gasteiger partial charge >= 0.3 is 5.97 Å². The lowest BCUT2D eigenvalue weighted by Gasteiger charge is -2.19. The first-order valence-corrected chi connectivity index (χ1v) is 8.19. The van der Waals surface area contributed by atoms with E-state index in [1.165, 1.54) is 0 Å². The molecule has 0 radical (unpaired) electrons. The number of ether oxygens (including phenoxy) is 1. The number of carbonyl (C=O) groups excluding carboxylic acids is 1. The molecule has 0 aliphatic heterocycles. The molecule has 0 unspecified atom stereocenters. The van der Waals surface area contributed by atoms with Crippen LogP contribution < -0.4 is 0 Å². The van der Waals surface area contributed by atoms with Crippen LogP contribution in [0.25, 0.3) is 0 Å². The van der Waals surface area contributed by atoms with Crippen molar-refractivity contribution < 1.29 is 9.53 Å². The minimum Gasteiger partial charge on any atom is -0.460 e. The number of pyridine rings is 1. The van der Waals surface area contributed by atoms with Crippen LogP contribution >= 0.6 is 24.0 Å². The number of nitrogens with zero attached hydrogens (tertiary/aromatic N) is 1. The number of rotatable bonds is 5. The first kappa shape index (κ1) is 17.9. The predicted molar refractivity (Wildman–Crippen MR) is 91.4 cm³/mol. The molecule has 6 heteroatoms. The minimum absolute atomic E-state index is 0.169. The van der Waals surface area contributed by atoms with Gasteiger partial charge in [0.05, 0.1) is 18.0 Å². The highest BCUT2D eigenvalue weighted by Gasteiger charge is 2.15. The van der Waals surface area contributed by atoms with Crippen molar-refractivity contribution >= 4 is 35.0 Å². The molecule has 1 aromatic heterocycles. The SMILES string of the molecule is CC(=NCc1cc[nH]c(=S)c1)SCCC(=O)OC(C)(C)C. The van der Waals surface area contributed by atoms with Gasteiger partial charge in [-0.15, -0.1) is 11.8 Å². The Morgan fingerprint density at radius 3 is 2.81 bits per heavy atom. The molecule has 0 spiro atoms. The van der Waals surface area contributed by atoms with Crippen LogP contribution in [0.4, 0.5) is 0 Å². The molecular formula is C15H22N2O2S2. The summed E-state index contributed by atoms with van der Waals surface area (Å²) in [6.45, 7) is 8.16. The van der Waals surface area contributed by atoms with Crippen LogP contribution in [0.2, 0.25) is 0 Å². The average Bonchev–Trinajstić information content (AvgIpc) is 2.34. The van der Waals surface area contributed by atoms with Gasteiger partial charge in [0.1, 0.15) is 10.2 Å². The Kier molecular flexibility index (Phi) is 7.11. The third-order valence-electron chi connectivity index (χ3n) is 2.36. The molecule has 1 rings (SSSR count). The van der Waals surface area contributed by atoms with E-state index in [1.54, 1.807) is 11.8 Å². The van der Waals surface area contributed by atoms with Crippen LogP contribution in [0, 0.1) is 4.64 Å². The van der Waals surface area contributed by atoms with Crippen molar-refractivity contribution in [1.29, 1.82) is 0 Å². The molecule has 0 aliphatic carbocycles. The smallest absolute Gasteiger partial charge is 0.307 e. The molecule has 1 N–H and O–H groups in total. The fourth-order valence-corrected chi connectivity index (χ4v) is 2.45. The van der Waals surface area contributed by atoms with Crippen LogP contribution in [-0.4, -0.2) is 27.4 Å². The lowest BCUT2D eigenvalue weighted by atomic mass is 10.2. The van der Waals surface area contributed by atoms with E-state index >= 15 is 0 Å². The van der Waals surface area contributed by atoms with Gasteiger partial charge < -0.3 is 9.72 Å². The molecular weight excluding hydrogens is 304 g/mol. The maximum atomic E-state index is 11.6. The summed E-state index contributed by atoms with van der Waals surface area (Å²) in [5.41, 5.74) is 0.655. The zero-order valence-corrected chi connectivity index (χ0v) is 14.6. The van der Waals surface area contributed by atoms with Crippen LogP contribution in [0.1, 0.15) is 39.7 Å². The standard InChI is InChI=1S/C15H22N2O2S2/c1-11(17-10-12-5-7-16-13(20)9-12)21-8-6-14(18)19-15(2,3)4/h5,7,9H,6,8,10H2,1-4H3,(H,16,20). The predicted octanol–water partition coefficient (Wildman–Crippen LogP) is 4.13. The summed E-state index contributed by atoms with van der Waals surface area (Å²) >= 11 is 6.63. The third-order valence-corrected chi connectivity index (χ3v) is 3.55. The number of aromatic amines is 1. The van der Waals surface area contributed by atoms with Crippen molar-refractivity contribution in [3.8, 4) is 0 Å². The van der Waals surface area contributed by atoms with E-state index in [0.29, 0.717) is 23.4 Å². The minimum atomic E-state index is -0.420. The largest absolute Gasteiger partial charge is 0.460 e. The molecule has 4 nitrogen and oxygen atoms in total. The zero-order chi connectivity index (χ0) is 15.9. The number of carbonyl (C=O) groups is 1. The molecule has 0 saturated carbocycles. The summed E-state index contributed by atoms with van der Waals surface area (Å²) in [6, 6.07) is 3.86. The highest BCUT2D eigenvalue weighted by molar-refractivity contribution is 8.13. The highest BCUT2D eigenvalue weighted by atomic mass is 32.2. The average molecular weight is 326 g/mol. The van der Waals surface area contributed by atoms with E-state index in [-0.39, 0.29) is 5.97 Å². The van der Waals surface area contributed by atoms with Gasteiger partial charge in [-0.1, -0.05) is 12.2 Å². The molecule has 0 atom stereocenters. The molecule has 0 saturated heterocycles. The van der Waals surface area contributed by atoms with Gasteiger partial charge in [-0.25, -0.2) is 0 Å². The normalized spacial score (nSPS) is 12.3. The van der Waals surface area contributed by atoms with Gasteiger partial charge in [0, 0.05) is 11.9 Å². The Hall–Kier alpha value is -1.14. The van der Waals surface area contributed by atoms with Gasteiger partial charge in [0.15, 0.2) is 0 Å². The maximum Gasteiger partial charge on any atom is 0.307 e. The van der Waals surface area contributed by atoms with E-state index in [4.69, 9.17) is 17.0 Å². The quantitative estimate of drug-likeness (QED) is 0.382. The number of H-pyrrole nitrogens is 1. The Labute approximate surface area is 135 Å². The summed E-state index contributed by atoms with van der Waals surface area (Å²) in [4.78, 5) is 19.0. The van der Waals surface area contributed by atoms with Gasteiger partial charge in [-0.2, -0.15) is 0 Å². The number of esters is 1. The van der Waals surface area contributed by atoms with Crippen molar-refractivity contribution in [2.24, 2.45) is 4.99 Å². The fraction of sp³-hybridized carbons (Fsp3) is 0.533. The van der Waals surface area contributed by atoms with Crippen molar-refractivity contribution in [3.05, 3.63) is 28.5 Å². The second kappa shape index (κ2) is 8.34. The molecule has 0 aliphatic rings. The molecule has 0 amide bonds. The van der Waals surface area contributed by atoms with E-state index in [1.807, 2.05) is 46.0 Å². The summed E-state index contributed by atoms with van der Waals surface area (Å²) in [6.07, 6.45) is 2.21. The first-order chi connectivity index (χ1) is 9.76. The number of thioether (sulfide) groups is 1. The second-order valence-electron chi connectivity index (χ2n) is 5.58. The first-order valence-electron chi connectivity index (χ1n) is 6.79. The number of hydrogen-bond acceptors (Lipinski definition) is 5. The summed E-state index contributed by atoms with van der Waals surface area (Å²) in [5.74, 6) is 0.510. The Morgan fingerprint density at radius 2 is 2.19 bits per heavy atom. The Morgan fingerprint density at radius 1 is 1.48 bits per heavy atom. The number of aliphatic imine (C=N–C) groups is 1. The third kappa shape index (κ3) is 8.67. The van der Waals surface area contributed by atoms with Gasteiger partial charge in [-0.3, -0.25) is 9.79 Å². The zero-order valence-electron chi connectivity index (χ0n) is 12.9. The molecule has 1 heterocycles. The molecule has 21 heavy (non-hydrogen) atoms. The van der Waals surface area contributed by atoms with Crippen molar-refractivity contribution in [2.75, 3.05) is 5.75 Å². The number of nitrogens with one attached hydrogen (secondary N) is 1. The number of hydrogen-bond donors (Lipinski definition) is 1. The number of aromatic nitrogens is 1. The van der Waals surface area contributed by atoms with Crippen molar-refractivity contribution in [2.45, 2.75) is 46.3 Å². The summed E-state index contributed by atoms with van der Waals surface area (Å²) < 4.78 is 5.96. The monoisotopic (exact) mass is 326 g/mol. The molecule has 0 fully saturated rings. The van der Waals surface area contributed by atoms with E-state index in [0.717, 1.165) is 10.6 Å². The van der Waals surface area contributed by atoms with Crippen LogP contribution in [-0.2, 0) is 16.1 Å². The molecule has 116 valence electrons. The van der Waals surface area contributed by atoms with Gasteiger partial charge in [0.25, 0.3) is 0 Å². The molecule has 0 aromatic carbocycles. The van der Waals surface area contributed by atoms with Crippen LogP contribution in [0.3, 0.4) is 0 Å². The van der Waals surface area contributed by atoms with Gasteiger partial charge in [0.2, 0.25) is 0 Å². The van der Waals surface area contributed by atoms with Gasteiger partial charge in [-0.05, 0) is 45.4 Å². The van der Waals surface area contributed by atoms with E-state index in [2.05, 4.69) is 9.98 Å². The van der Waals surface area contributed by atoms with Crippen molar-refractivity contribution in [1.82, 2.24) is 4.98 Å². The van der Waals surface area contributed by atoms with E-state index < -0.39 is 5.60 Å². The summed E-state index contributed by atoms with van der Waals surface area (Å²) in [5, 5.41) is 0.956. The second-order valence-corrected chi connectivity index (χ2v) is 7.31. The lowest BCUT2D eigenvalue weighted by molar-refractivity contribution is -0.154. The molecule has 1 aromatic rings. The lowest BCUT2D eigenvalue weighted by Crippen LogP contribution is -2.24. The summed E-state index contributed by atoms with van der Waals surface area (Å²) in [7, 11) is 0.